The minimum Gasteiger partial charge on any atom is -0.355 e. The van der Waals surface area contributed by atoms with Gasteiger partial charge in [-0.1, -0.05) is 37.2 Å². The average molecular weight is 326 g/mol. The standard InChI is InChI=1S/C15H20ClN3OS/c1-9(2)6-7-17-14(20)10(3)21-15-18-12-5-4-11(16)8-13(12)19-15/h4-5,8-10H,6-7H2,1-3H3,(H,17,20)(H,18,19). The lowest BCUT2D eigenvalue weighted by Gasteiger charge is -2.11. The SMILES string of the molecule is CC(C)CCNC(=O)C(C)Sc1nc2ccc(Cl)cc2[nH]1. The number of imidazole rings is 1. The van der Waals surface area contributed by atoms with Gasteiger partial charge in [0, 0.05) is 11.6 Å². The Kier molecular flexibility index (Phi) is 5.53. The molecule has 21 heavy (non-hydrogen) atoms. The number of nitrogens with zero attached hydrogens (tertiary/aromatic N) is 1. The number of halogens is 1. The van der Waals surface area contributed by atoms with Gasteiger partial charge >= 0.3 is 0 Å². The van der Waals surface area contributed by atoms with E-state index in [1.165, 1.54) is 11.8 Å². The fourth-order valence-electron chi connectivity index (χ4n) is 1.86. The number of aromatic nitrogens is 2. The smallest absolute Gasteiger partial charge is 0.233 e. The van der Waals surface area contributed by atoms with Gasteiger partial charge in [-0.25, -0.2) is 4.98 Å². The van der Waals surface area contributed by atoms with Crippen LogP contribution in [0.5, 0.6) is 0 Å². The molecule has 0 fully saturated rings. The van der Waals surface area contributed by atoms with Crippen molar-refractivity contribution in [2.24, 2.45) is 5.92 Å². The van der Waals surface area contributed by atoms with Gasteiger partial charge in [0.2, 0.25) is 5.91 Å². The van der Waals surface area contributed by atoms with Gasteiger partial charge in [-0.05, 0) is 37.5 Å². The number of carbonyl (C=O) groups excluding carboxylic acids is 1. The third-order valence-electron chi connectivity index (χ3n) is 3.10. The first-order valence-corrected chi connectivity index (χ1v) is 8.31. The summed E-state index contributed by atoms with van der Waals surface area (Å²) in [4.78, 5) is 19.6. The molecule has 4 nitrogen and oxygen atoms in total. The first-order valence-electron chi connectivity index (χ1n) is 7.05. The second kappa shape index (κ2) is 7.18. The van der Waals surface area contributed by atoms with Crippen LogP contribution in [0.25, 0.3) is 11.0 Å². The van der Waals surface area contributed by atoms with Gasteiger partial charge in [-0.3, -0.25) is 4.79 Å². The number of hydrogen-bond donors (Lipinski definition) is 2. The number of H-pyrrole nitrogens is 1. The van der Waals surface area contributed by atoms with E-state index < -0.39 is 0 Å². The van der Waals surface area contributed by atoms with E-state index in [4.69, 9.17) is 11.6 Å². The molecule has 0 aliphatic carbocycles. The van der Waals surface area contributed by atoms with E-state index in [0.717, 1.165) is 29.2 Å². The second-order valence-corrected chi connectivity index (χ2v) is 7.20. The van der Waals surface area contributed by atoms with Crippen molar-refractivity contribution in [3.05, 3.63) is 23.2 Å². The van der Waals surface area contributed by atoms with Crippen LogP contribution >= 0.6 is 23.4 Å². The van der Waals surface area contributed by atoms with E-state index >= 15 is 0 Å². The van der Waals surface area contributed by atoms with Crippen molar-refractivity contribution in [3.63, 3.8) is 0 Å². The quantitative estimate of drug-likeness (QED) is 0.793. The summed E-state index contributed by atoms with van der Waals surface area (Å²) in [6.45, 7) is 6.89. The molecule has 1 atom stereocenters. The molecule has 1 heterocycles. The molecular formula is C15H20ClN3OS. The molecule has 0 aliphatic rings. The van der Waals surface area contributed by atoms with Crippen molar-refractivity contribution in [1.82, 2.24) is 15.3 Å². The van der Waals surface area contributed by atoms with Crippen LogP contribution in [-0.2, 0) is 4.79 Å². The van der Waals surface area contributed by atoms with Gasteiger partial charge in [0.05, 0.1) is 16.3 Å². The Morgan fingerprint density at radius 1 is 1.43 bits per heavy atom. The van der Waals surface area contributed by atoms with E-state index in [1.54, 1.807) is 6.07 Å². The molecule has 0 aliphatic heterocycles. The Morgan fingerprint density at radius 3 is 2.90 bits per heavy atom. The summed E-state index contributed by atoms with van der Waals surface area (Å²) in [5.41, 5.74) is 1.74. The predicted molar refractivity (Wildman–Crippen MR) is 88.9 cm³/mol. The van der Waals surface area contributed by atoms with Crippen molar-refractivity contribution >= 4 is 40.3 Å². The maximum absolute atomic E-state index is 12.0. The van der Waals surface area contributed by atoms with Gasteiger partial charge in [0.25, 0.3) is 0 Å². The molecule has 2 rings (SSSR count). The fourth-order valence-corrected chi connectivity index (χ4v) is 2.88. The Bertz CT molecular complexity index is 626. The van der Waals surface area contributed by atoms with E-state index in [9.17, 15) is 4.79 Å². The number of carbonyl (C=O) groups is 1. The highest BCUT2D eigenvalue weighted by molar-refractivity contribution is 8.00. The molecule has 0 saturated heterocycles. The first-order chi connectivity index (χ1) is 9.95. The highest BCUT2D eigenvalue weighted by atomic mass is 35.5. The molecule has 1 amide bonds. The van der Waals surface area contributed by atoms with Gasteiger partial charge in [-0.15, -0.1) is 0 Å². The number of aromatic amines is 1. The lowest BCUT2D eigenvalue weighted by atomic mass is 10.1. The van der Waals surface area contributed by atoms with Crippen LogP contribution < -0.4 is 5.32 Å². The van der Waals surface area contributed by atoms with Crippen LogP contribution in [-0.4, -0.2) is 27.7 Å². The largest absolute Gasteiger partial charge is 0.355 e. The highest BCUT2D eigenvalue weighted by Gasteiger charge is 2.16. The monoisotopic (exact) mass is 325 g/mol. The van der Waals surface area contributed by atoms with Gasteiger partial charge in [0.1, 0.15) is 0 Å². The summed E-state index contributed by atoms with van der Waals surface area (Å²) in [5, 5.41) is 4.17. The summed E-state index contributed by atoms with van der Waals surface area (Å²) in [5.74, 6) is 0.632. The molecule has 114 valence electrons. The topological polar surface area (TPSA) is 57.8 Å². The summed E-state index contributed by atoms with van der Waals surface area (Å²) < 4.78 is 0. The zero-order valence-electron chi connectivity index (χ0n) is 12.4. The Morgan fingerprint density at radius 2 is 2.19 bits per heavy atom. The minimum atomic E-state index is -0.187. The van der Waals surface area contributed by atoms with Crippen molar-refractivity contribution in [1.29, 1.82) is 0 Å². The third-order valence-corrected chi connectivity index (χ3v) is 4.32. The normalized spacial score (nSPS) is 12.8. The number of amides is 1. The van der Waals surface area contributed by atoms with Crippen LogP contribution in [0.3, 0.4) is 0 Å². The summed E-state index contributed by atoms with van der Waals surface area (Å²) in [6, 6.07) is 5.51. The van der Waals surface area contributed by atoms with E-state index in [0.29, 0.717) is 10.9 Å². The van der Waals surface area contributed by atoms with E-state index in [1.807, 2.05) is 19.1 Å². The molecular weight excluding hydrogens is 306 g/mol. The second-order valence-electron chi connectivity index (χ2n) is 5.44. The minimum absolute atomic E-state index is 0.0409. The number of nitrogens with one attached hydrogen (secondary N) is 2. The van der Waals surface area contributed by atoms with Crippen LogP contribution in [0.4, 0.5) is 0 Å². The summed E-state index contributed by atoms with van der Waals surface area (Å²) in [6.07, 6.45) is 0.992. The lowest BCUT2D eigenvalue weighted by molar-refractivity contribution is -0.120. The number of hydrogen-bond acceptors (Lipinski definition) is 3. The van der Waals surface area contributed by atoms with Crippen molar-refractivity contribution < 1.29 is 4.79 Å². The van der Waals surface area contributed by atoms with E-state index in [-0.39, 0.29) is 11.2 Å². The zero-order chi connectivity index (χ0) is 15.4. The van der Waals surface area contributed by atoms with Crippen molar-refractivity contribution in [3.8, 4) is 0 Å². The molecule has 0 saturated carbocycles. The number of rotatable bonds is 6. The van der Waals surface area contributed by atoms with Gasteiger partial charge in [0.15, 0.2) is 5.16 Å². The van der Waals surface area contributed by atoms with E-state index in [2.05, 4.69) is 29.1 Å². The van der Waals surface area contributed by atoms with Crippen molar-refractivity contribution in [2.75, 3.05) is 6.54 Å². The lowest BCUT2D eigenvalue weighted by Crippen LogP contribution is -2.32. The molecule has 2 N–H and O–H groups in total. The Hall–Kier alpha value is -1.20. The Labute approximate surface area is 134 Å². The maximum Gasteiger partial charge on any atom is 0.233 e. The Balaban J connectivity index is 1.94. The predicted octanol–water partition coefficient (Wildman–Crippen LogP) is 3.86. The van der Waals surface area contributed by atoms with Crippen LogP contribution in [0.1, 0.15) is 27.2 Å². The number of thioether (sulfide) groups is 1. The van der Waals surface area contributed by atoms with Crippen LogP contribution in [0.2, 0.25) is 5.02 Å². The summed E-state index contributed by atoms with van der Waals surface area (Å²) >= 11 is 7.37. The molecule has 0 spiro atoms. The molecule has 2 aromatic rings. The van der Waals surface area contributed by atoms with Gasteiger partial charge in [-0.2, -0.15) is 0 Å². The number of fused-ring (bicyclic) bond motifs is 1. The molecule has 1 aromatic heterocycles. The van der Waals surface area contributed by atoms with Gasteiger partial charge < -0.3 is 10.3 Å². The average Bonchev–Trinajstić information content (AvgIpc) is 2.79. The molecule has 0 bridgehead atoms. The summed E-state index contributed by atoms with van der Waals surface area (Å²) in [7, 11) is 0. The third kappa shape index (κ3) is 4.64. The number of benzene rings is 1. The first kappa shape index (κ1) is 16.2. The molecule has 1 aromatic carbocycles. The molecule has 0 radical (unpaired) electrons. The van der Waals surface area contributed by atoms with Crippen LogP contribution in [0, 0.1) is 5.92 Å². The fraction of sp³-hybridized carbons (Fsp3) is 0.467. The van der Waals surface area contributed by atoms with Crippen LogP contribution in [0.15, 0.2) is 23.4 Å². The molecule has 6 heteroatoms. The maximum atomic E-state index is 12.0. The molecule has 1 unspecified atom stereocenters. The zero-order valence-corrected chi connectivity index (χ0v) is 14.0. The van der Waals surface area contributed by atoms with Crippen molar-refractivity contribution in [2.45, 2.75) is 37.6 Å². The highest BCUT2D eigenvalue weighted by Crippen LogP contribution is 2.25.